The van der Waals surface area contributed by atoms with Gasteiger partial charge in [0.1, 0.15) is 17.8 Å². The number of ether oxygens (including phenoxy) is 5. The molecule has 2 aliphatic rings. The standard InChI is InChI=1S/C43H52Cl2FN3O10/c1-24(2)10-15-34(59-41(54)57-19-18-56-17-16-55-6)58-39(52)25-11-14-31(26(20-25)23-50)47-38(51)37-35(28-8-7-9-30(45)36(28)46)43(33(49-37)22-42(3,4)5)29-13-12-27(44)21-32(29)48-40(43)53/h7-9,11-14,20-21,24,33-35,37,49-50H,10,15-19,22-23H2,1-6H3,(H,47,51)(H,48,53)/t33-,34?,35-,37+,43?/m0/s1. The number of anilines is 2. The van der Waals surface area contributed by atoms with E-state index in [-0.39, 0.29) is 58.4 Å². The molecule has 13 nitrogen and oxygen atoms in total. The van der Waals surface area contributed by atoms with Crippen LogP contribution in [0.25, 0.3) is 0 Å². The number of halogens is 3. The number of rotatable bonds is 17. The van der Waals surface area contributed by atoms with Gasteiger partial charge in [0, 0.05) is 47.5 Å². The van der Waals surface area contributed by atoms with Crippen LogP contribution >= 0.6 is 23.2 Å². The van der Waals surface area contributed by atoms with Gasteiger partial charge in [-0.15, -0.1) is 0 Å². The summed E-state index contributed by atoms with van der Waals surface area (Å²) in [7, 11) is 1.54. The van der Waals surface area contributed by atoms with Crippen LogP contribution in [0.4, 0.5) is 20.6 Å². The maximum absolute atomic E-state index is 16.2. The second kappa shape index (κ2) is 19.8. The largest absolute Gasteiger partial charge is 0.511 e. The van der Waals surface area contributed by atoms with Crippen LogP contribution in [0.3, 0.4) is 0 Å². The minimum Gasteiger partial charge on any atom is -0.432 e. The summed E-state index contributed by atoms with van der Waals surface area (Å²) in [6.45, 7) is 10.1. The van der Waals surface area contributed by atoms with Crippen molar-refractivity contribution in [1.29, 1.82) is 0 Å². The van der Waals surface area contributed by atoms with Gasteiger partial charge in [-0.3, -0.25) is 9.59 Å². The molecule has 4 N–H and O–H groups in total. The number of hydrogen-bond acceptors (Lipinski definition) is 11. The van der Waals surface area contributed by atoms with Gasteiger partial charge >= 0.3 is 12.1 Å². The molecule has 1 saturated heterocycles. The highest BCUT2D eigenvalue weighted by molar-refractivity contribution is 6.31. The molecule has 2 aliphatic heterocycles. The lowest BCUT2D eigenvalue weighted by atomic mass is 9.62. The predicted octanol–water partition coefficient (Wildman–Crippen LogP) is 7.75. The SMILES string of the molecule is COCCOCCOC(=O)OC(CCC(C)C)OC(=O)c1ccc(NC(=O)[C@@H]2N[C@@H](CC(C)(C)C)C3(C(=O)Nc4cc(Cl)ccc43)[C@H]2c2cccc(Cl)c2F)c(CO)c1. The quantitative estimate of drug-likeness (QED) is 0.0595. The minimum absolute atomic E-state index is 0.00469. The molecule has 5 atom stereocenters. The van der Waals surface area contributed by atoms with E-state index in [1.165, 1.54) is 37.4 Å². The number of methoxy groups -OCH3 is 1. The normalized spacial score (nSPS) is 20.3. The van der Waals surface area contributed by atoms with Gasteiger partial charge in [-0.1, -0.05) is 76.0 Å². The van der Waals surface area contributed by atoms with Crippen LogP contribution in [-0.2, 0) is 45.3 Å². The topological polar surface area (TPSA) is 171 Å². The highest BCUT2D eigenvalue weighted by Crippen LogP contribution is 2.57. The molecule has 0 bridgehead atoms. The molecular weight excluding hydrogens is 808 g/mol. The predicted molar refractivity (Wildman–Crippen MR) is 220 cm³/mol. The molecular formula is C43H52Cl2FN3O10. The van der Waals surface area contributed by atoms with Crippen LogP contribution in [0.15, 0.2) is 54.6 Å². The van der Waals surface area contributed by atoms with Gasteiger partial charge in [-0.25, -0.2) is 14.0 Å². The fraction of sp³-hybridized carbons (Fsp3) is 0.488. The van der Waals surface area contributed by atoms with Gasteiger partial charge in [0.25, 0.3) is 6.29 Å². The first-order valence-corrected chi connectivity index (χ1v) is 20.2. The Bertz CT molecular complexity index is 2010. The number of fused-ring (bicyclic) bond motifs is 2. The van der Waals surface area contributed by atoms with Gasteiger partial charge in [-0.2, -0.15) is 0 Å². The summed E-state index contributed by atoms with van der Waals surface area (Å²) in [5, 5.41) is 19.9. The summed E-state index contributed by atoms with van der Waals surface area (Å²) < 4.78 is 42.4. The molecule has 3 aromatic carbocycles. The van der Waals surface area contributed by atoms with Crippen molar-refractivity contribution in [2.75, 3.05) is 44.2 Å². The lowest BCUT2D eigenvalue weighted by molar-refractivity contribution is -0.122. The summed E-state index contributed by atoms with van der Waals surface area (Å²) in [6.07, 6.45) is -1.15. The fourth-order valence-electron chi connectivity index (χ4n) is 7.70. The van der Waals surface area contributed by atoms with E-state index in [4.69, 9.17) is 46.9 Å². The van der Waals surface area contributed by atoms with Gasteiger partial charge < -0.3 is 44.7 Å². The molecule has 1 spiro atoms. The first kappa shape index (κ1) is 45.8. The van der Waals surface area contributed by atoms with Crippen LogP contribution in [-0.4, -0.2) is 81.0 Å². The van der Waals surface area contributed by atoms with Crippen molar-refractivity contribution in [3.05, 3.63) is 92.7 Å². The van der Waals surface area contributed by atoms with E-state index in [1.54, 1.807) is 24.3 Å². The van der Waals surface area contributed by atoms with E-state index in [9.17, 15) is 24.3 Å². The number of aliphatic hydroxyl groups excluding tert-OH is 1. The smallest absolute Gasteiger partial charge is 0.432 e. The molecule has 1 fully saturated rings. The summed E-state index contributed by atoms with van der Waals surface area (Å²) >= 11 is 12.7. The van der Waals surface area contributed by atoms with Gasteiger partial charge in [-0.05, 0) is 71.7 Å². The van der Waals surface area contributed by atoms with E-state index >= 15 is 4.39 Å². The number of esters is 1. The minimum atomic E-state index is -1.48. The Morgan fingerprint density at radius 3 is 2.42 bits per heavy atom. The number of nitrogens with one attached hydrogen (secondary N) is 3. The summed E-state index contributed by atoms with van der Waals surface area (Å²) in [5.74, 6) is -3.58. The lowest BCUT2D eigenvalue weighted by Gasteiger charge is -2.37. The van der Waals surface area contributed by atoms with Crippen molar-refractivity contribution in [3.63, 3.8) is 0 Å². The molecule has 0 aliphatic carbocycles. The van der Waals surface area contributed by atoms with Crippen molar-refractivity contribution in [1.82, 2.24) is 5.32 Å². The van der Waals surface area contributed by atoms with Crippen LogP contribution < -0.4 is 16.0 Å². The Labute approximate surface area is 353 Å². The van der Waals surface area contributed by atoms with E-state index in [2.05, 4.69) is 16.0 Å². The molecule has 2 amide bonds. The first-order valence-electron chi connectivity index (χ1n) is 19.5. The maximum Gasteiger partial charge on any atom is 0.511 e. The second-order valence-electron chi connectivity index (χ2n) is 16.2. The van der Waals surface area contributed by atoms with Gasteiger partial charge in [0.05, 0.1) is 43.1 Å². The Balaban J connectivity index is 1.42. The molecule has 16 heteroatoms. The Morgan fingerprint density at radius 1 is 0.983 bits per heavy atom. The highest BCUT2D eigenvalue weighted by atomic mass is 35.5. The summed E-state index contributed by atoms with van der Waals surface area (Å²) in [6, 6.07) is 11.8. The number of carbonyl (C=O) groups is 4. The molecule has 320 valence electrons. The van der Waals surface area contributed by atoms with Crippen molar-refractivity contribution in [2.24, 2.45) is 11.3 Å². The molecule has 5 rings (SSSR count). The van der Waals surface area contributed by atoms with Crippen LogP contribution in [0.2, 0.25) is 10.0 Å². The maximum atomic E-state index is 16.2. The van der Waals surface area contributed by atoms with Crippen LogP contribution in [0.5, 0.6) is 0 Å². The molecule has 2 heterocycles. The van der Waals surface area contributed by atoms with Crippen LogP contribution in [0, 0.1) is 17.2 Å². The van der Waals surface area contributed by atoms with E-state index in [0.717, 1.165) is 0 Å². The van der Waals surface area contributed by atoms with Crippen LogP contribution in [0.1, 0.15) is 86.8 Å². The van der Waals surface area contributed by atoms with E-state index in [0.29, 0.717) is 42.3 Å². The zero-order chi connectivity index (χ0) is 43.1. The number of benzene rings is 3. The summed E-state index contributed by atoms with van der Waals surface area (Å²) in [5.41, 5.74) is -0.437. The van der Waals surface area contributed by atoms with Crippen molar-refractivity contribution in [2.45, 2.75) is 90.2 Å². The zero-order valence-corrected chi connectivity index (χ0v) is 35.5. The average Bonchev–Trinajstić information content (AvgIpc) is 3.65. The summed E-state index contributed by atoms with van der Waals surface area (Å²) in [4.78, 5) is 54.9. The highest BCUT2D eigenvalue weighted by Gasteiger charge is 2.66. The van der Waals surface area contributed by atoms with Crippen molar-refractivity contribution < 1.29 is 52.4 Å². The molecule has 59 heavy (non-hydrogen) atoms. The Kier molecular flexibility index (Phi) is 15.4. The van der Waals surface area contributed by atoms with E-state index in [1.807, 2.05) is 34.6 Å². The molecule has 0 saturated carbocycles. The number of amides is 2. The zero-order valence-electron chi connectivity index (χ0n) is 34.0. The number of aliphatic hydroxyl groups is 1. The van der Waals surface area contributed by atoms with Gasteiger partial charge in [0.15, 0.2) is 0 Å². The Morgan fingerprint density at radius 2 is 1.73 bits per heavy atom. The molecule has 2 unspecified atom stereocenters. The second-order valence-corrected chi connectivity index (χ2v) is 17.1. The average molecular weight is 861 g/mol. The number of carbonyl (C=O) groups excluding carboxylic acids is 4. The third-order valence-corrected chi connectivity index (χ3v) is 10.8. The van der Waals surface area contributed by atoms with Crippen molar-refractivity contribution >= 4 is 58.5 Å². The Hall–Kier alpha value is -4.31. The fourth-order valence-corrected chi connectivity index (χ4v) is 8.06. The third-order valence-electron chi connectivity index (χ3n) is 10.3. The monoisotopic (exact) mass is 859 g/mol. The molecule has 0 radical (unpaired) electrons. The lowest BCUT2D eigenvalue weighted by Crippen LogP contribution is -2.49. The first-order chi connectivity index (χ1) is 28.0. The van der Waals surface area contributed by atoms with Gasteiger partial charge in [0.2, 0.25) is 11.8 Å². The number of hydrogen-bond donors (Lipinski definition) is 4. The molecule has 0 aromatic heterocycles. The third kappa shape index (κ3) is 10.7. The van der Waals surface area contributed by atoms with E-state index < -0.39 is 66.1 Å². The molecule has 3 aromatic rings. The van der Waals surface area contributed by atoms with Crippen molar-refractivity contribution in [3.8, 4) is 0 Å².